The van der Waals surface area contributed by atoms with Crippen LogP contribution in [0.1, 0.15) is 59.3 Å². The first-order valence-electron chi connectivity index (χ1n) is 12.5. The van der Waals surface area contributed by atoms with Gasteiger partial charge < -0.3 is 4.90 Å². The smallest absolute Gasteiger partial charge is 0.253 e. The Labute approximate surface area is 204 Å². The van der Waals surface area contributed by atoms with Crippen molar-refractivity contribution in [3.05, 3.63) is 112 Å². The molecule has 0 atom stereocenters. The number of carbonyl (C=O) groups excluding carboxylic acids is 1. The summed E-state index contributed by atoms with van der Waals surface area (Å²) in [4.78, 5) is 17.2. The predicted octanol–water partition coefficient (Wildman–Crippen LogP) is 6.57. The summed E-state index contributed by atoms with van der Waals surface area (Å²) in [6.45, 7) is 10.8. The summed E-state index contributed by atoms with van der Waals surface area (Å²) in [5, 5.41) is 0. The fourth-order valence-corrected chi connectivity index (χ4v) is 4.92. The van der Waals surface area contributed by atoms with Crippen LogP contribution in [-0.2, 0) is 6.54 Å². The average Bonchev–Trinajstić information content (AvgIpc) is 2.87. The van der Waals surface area contributed by atoms with Crippen molar-refractivity contribution in [2.45, 2.75) is 40.2 Å². The van der Waals surface area contributed by atoms with Gasteiger partial charge in [-0.15, -0.1) is 0 Å². The van der Waals surface area contributed by atoms with E-state index >= 15 is 0 Å². The van der Waals surface area contributed by atoms with Crippen LogP contribution in [0.3, 0.4) is 0 Å². The second-order valence-electron chi connectivity index (χ2n) is 9.16. The highest BCUT2D eigenvalue weighted by molar-refractivity contribution is 5.95. The number of rotatable bonds is 7. The van der Waals surface area contributed by atoms with Gasteiger partial charge in [-0.2, -0.15) is 0 Å². The number of benzene rings is 3. The van der Waals surface area contributed by atoms with Gasteiger partial charge in [0.1, 0.15) is 0 Å². The lowest BCUT2D eigenvalue weighted by Gasteiger charge is -2.30. The minimum absolute atomic E-state index is 0.107. The van der Waals surface area contributed by atoms with Gasteiger partial charge in [0, 0.05) is 38.3 Å². The summed E-state index contributed by atoms with van der Waals surface area (Å²) in [6, 6.07) is 27.8. The SMILES string of the molecule is CCN(CC)C(=O)c1ccc(C(=C2CCN(Cc3ccccc3)CC2)c2cccc(C)c2)cc1. The molecule has 34 heavy (non-hydrogen) atoms. The van der Waals surface area contributed by atoms with E-state index in [4.69, 9.17) is 0 Å². The van der Waals surface area contributed by atoms with Crippen molar-refractivity contribution in [2.24, 2.45) is 0 Å². The van der Waals surface area contributed by atoms with Crippen LogP contribution in [0.25, 0.3) is 5.57 Å². The first-order chi connectivity index (χ1) is 16.6. The third kappa shape index (κ3) is 5.66. The molecule has 0 saturated carbocycles. The van der Waals surface area contributed by atoms with E-state index < -0.39 is 0 Å². The van der Waals surface area contributed by atoms with E-state index in [0.29, 0.717) is 0 Å². The molecule has 3 nitrogen and oxygen atoms in total. The van der Waals surface area contributed by atoms with Crippen LogP contribution in [0.5, 0.6) is 0 Å². The number of hydrogen-bond donors (Lipinski definition) is 0. The number of hydrogen-bond acceptors (Lipinski definition) is 2. The second kappa shape index (κ2) is 11.3. The molecule has 0 N–H and O–H groups in total. The van der Waals surface area contributed by atoms with Crippen molar-refractivity contribution >= 4 is 11.5 Å². The molecular weight excluding hydrogens is 416 g/mol. The summed E-state index contributed by atoms with van der Waals surface area (Å²) in [5.41, 5.74) is 8.73. The van der Waals surface area contributed by atoms with Gasteiger partial charge in [0.2, 0.25) is 0 Å². The minimum atomic E-state index is 0.107. The van der Waals surface area contributed by atoms with E-state index in [2.05, 4.69) is 78.6 Å². The molecule has 0 unspecified atom stereocenters. The maximum absolute atomic E-state index is 12.8. The Kier molecular flexibility index (Phi) is 7.97. The third-order valence-electron chi connectivity index (χ3n) is 6.84. The van der Waals surface area contributed by atoms with Crippen molar-refractivity contribution in [1.82, 2.24) is 9.80 Å². The Morgan fingerprint density at radius 2 is 1.44 bits per heavy atom. The first-order valence-corrected chi connectivity index (χ1v) is 12.5. The van der Waals surface area contributed by atoms with Crippen molar-refractivity contribution in [3.63, 3.8) is 0 Å². The van der Waals surface area contributed by atoms with Crippen LogP contribution in [0.2, 0.25) is 0 Å². The molecule has 4 rings (SSSR count). The van der Waals surface area contributed by atoms with Crippen LogP contribution >= 0.6 is 0 Å². The van der Waals surface area contributed by atoms with Crippen molar-refractivity contribution < 1.29 is 4.79 Å². The largest absolute Gasteiger partial charge is 0.339 e. The van der Waals surface area contributed by atoms with Crippen molar-refractivity contribution in [1.29, 1.82) is 0 Å². The normalized spacial score (nSPS) is 14.1. The summed E-state index contributed by atoms with van der Waals surface area (Å²) < 4.78 is 0. The number of aryl methyl sites for hydroxylation is 1. The molecule has 3 heteroatoms. The zero-order valence-electron chi connectivity index (χ0n) is 20.8. The molecule has 0 aliphatic carbocycles. The highest BCUT2D eigenvalue weighted by Crippen LogP contribution is 2.33. The third-order valence-corrected chi connectivity index (χ3v) is 6.84. The van der Waals surface area contributed by atoms with Gasteiger partial charge in [0.25, 0.3) is 5.91 Å². The number of amides is 1. The van der Waals surface area contributed by atoms with E-state index in [9.17, 15) is 4.79 Å². The fraction of sp³-hybridized carbons (Fsp3) is 0.323. The lowest BCUT2D eigenvalue weighted by Crippen LogP contribution is -2.30. The minimum Gasteiger partial charge on any atom is -0.339 e. The average molecular weight is 453 g/mol. The summed E-state index contributed by atoms with van der Waals surface area (Å²) in [5.74, 6) is 0.107. The molecule has 1 saturated heterocycles. The van der Waals surface area contributed by atoms with E-state index in [1.165, 1.54) is 33.4 Å². The molecule has 1 aliphatic heterocycles. The number of nitrogens with zero attached hydrogens (tertiary/aromatic N) is 2. The zero-order valence-corrected chi connectivity index (χ0v) is 20.8. The Balaban J connectivity index is 1.61. The summed E-state index contributed by atoms with van der Waals surface area (Å²) >= 11 is 0. The topological polar surface area (TPSA) is 23.6 Å². The number of carbonyl (C=O) groups is 1. The van der Waals surface area contributed by atoms with Gasteiger partial charge in [-0.1, -0.05) is 77.9 Å². The second-order valence-corrected chi connectivity index (χ2v) is 9.16. The van der Waals surface area contributed by atoms with Gasteiger partial charge in [-0.25, -0.2) is 0 Å². The predicted molar refractivity (Wildman–Crippen MR) is 142 cm³/mol. The van der Waals surface area contributed by atoms with E-state index in [1.807, 2.05) is 30.9 Å². The molecule has 0 spiro atoms. The van der Waals surface area contributed by atoms with Gasteiger partial charge in [-0.05, 0) is 68.0 Å². The van der Waals surface area contributed by atoms with Crippen molar-refractivity contribution in [3.8, 4) is 0 Å². The lowest BCUT2D eigenvalue weighted by molar-refractivity contribution is 0.0773. The molecule has 1 fully saturated rings. The Morgan fingerprint density at radius 3 is 2.06 bits per heavy atom. The maximum Gasteiger partial charge on any atom is 0.253 e. The molecule has 1 heterocycles. The molecule has 1 amide bonds. The van der Waals surface area contributed by atoms with E-state index in [1.54, 1.807) is 0 Å². The van der Waals surface area contributed by atoms with Gasteiger partial charge >= 0.3 is 0 Å². The molecule has 0 bridgehead atoms. The van der Waals surface area contributed by atoms with E-state index in [0.717, 1.165) is 51.1 Å². The summed E-state index contributed by atoms with van der Waals surface area (Å²) in [7, 11) is 0. The number of likely N-dealkylation sites (tertiary alicyclic amines) is 1. The van der Waals surface area contributed by atoms with Crippen molar-refractivity contribution in [2.75, 3.05) is 26.2 Å². The van der Waals surface area contributed by atoms with E-state index in [-0.39, 0.29) is 5.91 Å². The molecule has 0 radical (unpaired) electrons. The highest BCUT2D eigenvalue weighted by Gasteiger charge is 2.20. The highest BCUT2D eigenvalue weighted by atomic mass is 16.2. The molecular formula is C31H36N2O. The maximum atomic E-state index is 12.8. The number of piperidine rings is 1. The van der Waals surface area contributed by atoms with Gasteiger partial charge in [-0.3, -0.25) is 9.69 Å². The molecule has 3 aromatic carbocycles. The molecule has 1 aliphatic rings. The van der Waals surface area contributed by atoms with Gasteiger partial charge in [0.05, 0.1) is 0 Å². The monoisotopic (exact) mass is 452 g/mol. The molecule has 3 aromatic rings. The lowest BCUT2D eigenvalue weighted by atomic mass is 9.87. The fourth-order valence-electron chi connectivity index (χ4n) is 4.92. The Hall–Kier alpha value is -3.17. The Bertz CT molecular complexity index is 1120. The standard InChI is InChI=1S/C31H36N2O/c1-4-33(5-2)31(34)28-16-14-26(15-17-28)30(29-13-9-10-24(3)22-29)27-18-20-32(21-19-27)23-25-11-7-6-8-12-25/h6-17,22H,4-5,18-21,23H2,1-3H3. The van der Waals surface area contributed by atoms with Crippen LogP contribution in [0, 0.1) is 6.92 Å². The molecule has 176 valence electrons. The summed E-state index contributed by atoms with van der Waals surface area (Å²) in [6.07, 6.45) is 2.13. The van der Waals surface area contributed by atoms with Crippen LogP contribution in [-0.4, -0.2) is 41.9 Å². The quantitative estimate of drug-likeness (QED) is 0.404. The van der Waals surface area contributed by atoms with Crippen LogP contribution in [0.4, 0.5) is 0 Å². The Morgan fingerprint density at radius 1 is 0.794 bits per heavy atom. The van der Waals surface area contributed by atoms with Crippen LogP contribution < -0.4 is 0 Å². The zero-order chi connectivity index (χ0) is 23.9. The van der Waals surface area contributed by atoms with Crippen LogP contribution in [0.15, 0.2) is 84.4 Å². The molecule has 0 aromatic heterocycles. The van der Waals surface area contributed by atoms with Gasteiger partial charge in [0.15, 0.2) is 0 Å². The first kappa shape index (κ1) is 24.0.